The van der Waals surface area contributed by atoms with Crippen molar-refractivity contribution < 1.29 is 0 Å². The van der Waals surface area contributed by atoms with Crippen LogP contribution in [0.3, 0.4) is 0 Å². The largest absolute Gasteiger partial charge is 0.257 e. The number of nitrogens with one attached hydrogen (secondary N) is 1. The molecule has 0 bridgehead atoms. The van der Waals surface area contributed by atoms with Crippen LogP contribution in [0.1, 0.15) is 0 Å². The summed E-state index contributed by atoms with van der Waals surface area (Å²) < 4.78 is 0.783. The summed E-state index contributed by atoms with van der Waals surface area (Å²) in [5.74, 6) is 0. The van der Waals surface area contributed by atoms with Crippen LogP contribution in [0, 0.1) is 0 Å². The maximum absolute atomic E-state index is 3.97. The van der Waals surface area contributed by atoms with E-state index in [4.69, 9.17) is 0 Å². The number of fused-ring (bicyclic) bond motifs is 1. The molecular weight excluding hydrogens is 196 g/mol. The Morgan fingerprint density at radius 3 is 3.30 bits per heavy atom. The quantitative estimate of drug-likeness (QED) is 0.646. The Labute approximate surface area is 64.8 Å². The van der Waals surface area contributed by atoms with Crippen molar-refractivity contribution in [2.24, 2.45) is 0 Å². The highest BCUT2D eigenvalue weighted by Gasteiger charge is 1.96. The van der Waals surface area contributed by atoms with Crippen LogP contribution >= 0.6 is 15.9 Å². The van der Waals surface area contributed by atoms with Crippen molar-refractivity contribution >= 4 is 27.0 Å². The standard InChI is InChI=1S/C5H3BrN4/c6-5-1-3-4(2-7-5)9-10-8-3/h1-2H,(H,8,9,10). The Balaban J connectivity index is 2.86. The molecule has 0 fully saturated rings. The summed E-state index contributed by atoms with van der Waals surface area (Å²) in [6, 6.07) is 1.83. The molecule has 0 atom stereocenters. The number of aromatic nitrogens is 4. The predicted molar refractivity (Wildman–Crippen MR) is 39.4 cm³/mol. The fourth-order valence-electron chi connectivity index (χ4n) is 0.725. The summed E-state index contributed by atoms with van der Waals surface area (Å²) in [5, 5.41) is 10.1. The number of halogens is 1. The average molecular weight is 199 g/mol. The number of pyridine rings is 1. The van der Waals surface area contributed by atoms with Gasteiger partial charge in [0.25, 0.3) is 0 Å². The molecule has 0 spiro atoms. The Bertz CT molecular complexity index is 355. The van der Waals surface area contributed by atoms with E-state index in [1.807, 2.05) is 6.07 Å². The van der Waals surface area contributed by atoms with Crippen LogP contribution in [0.4, 0.5) is 0 Å². The molecule has 0 amide bonds. The van der Waals surface area contributed by atoms with E-state index in [1.165, 1.54) is 0 Å². The first-order valence-corrected chi connectivity index (χ1v) is 3.48. The molecule has 10 heavy (non-hydrogen) atoms. The number of H-pyrrole nitrogens is 1. The maximum atomic E-state index is 3.97. The molecule has 0 saturated carbocycles. The van der Waals surface area contributed by atoms with Gasteiger partial charge >= 0.3 is 0 Å². The Hall–Kier alpha value is -0.970. The molecule has 4 nitrogen and oxygen atoms in total. The highest BCUT2D eigenvalue weighted by molar-refractivity contribution is 9.10. The molecule has 0 aromatic carbocycles. The molecule has 0 aliphatic rings. The Kier molecular flexibility index (Phi) is 1.17. The molecule has 2 rings (SSSR count). The summed E-state index contributed by atoms with van der Waals surface area (Å²) in [6.07, 6.45) is 1.66. The SMILES string of the molecule is Brc1cc2[nH]nnc2cn1. The molecule has 0 unspecified atom stereocenters. The Morgan fingerprint density at radius 1 is 1.50 bits per heavy atom. The van der Waals surface area contributed by atoms with Gasteiger partial charge in [-0.05, 0) is 22.0 Å². The van der Waals surface area contributed by atoms with E-state index >= 15 is 0 Å². The third-order valence-corrected chi connectivity index (χ3v) is 1.61. The normalized spacial score (nSPS) is 10.5. The number of nitrogens with zero attached hydrogens (tertiary/aromatic N) is 3. The topological polar surface area (TPSA) is 54.5 Å². The predicted octanol–water partition coefficient (Wildman–Crippen LogP) is 1.12. The van der Waals surface area contributed by atoms with Gasteiger partial charge in [0, 0.05) is 0 Å². The molecule has 0 aliphatic carbocycles. The molecule has 5 heteroatoms. The lowest BCUT2D eigenvalue weighted by molar-refractivity contribution is 0.959. The minimum atomic E-state index is 0.781. The summed E-state index contributed by atoms with van der Waals surface area (Å²) >= 11 is 3.23. The highest BCUT2D eigenvalue weighted by atomic mass is 79.9. The minimum Gasteiger partial charge on any atom is -0.257 e. The lowest BCUT2D eigenvalue weighted by atomic mass is 10.4. The van der Waals surface area contributed by atoms with E-state index < -0.39 is 0 Å². The average Bonchev–Trinajstić information content (AvgIpc) is 2.33. The fourth-order valence-corrected chi connectivity index (χ4v) is 1.06. The van der Waals surface area contributed by atoms with E-state index in [0.717, 1.165) is 15.6 Å². The number of hydrogen-bond acceptors (Lipinski definition) is 3. The van der Waals surface area contributed by atoms with E-state index in [1.54, 1.807) is 6.20 Å². The summed E-state index contributed by atoms with van der Waals surface area (Å²) in [5.41, 5.74) is 1.67. The van der Waals surface area contributed by atoms with Crippen LogP contribution in [0.25, 0.3) is 11.0 Å². The first kappa shape index (κ1) is 5.79. The molecular formula is C5H3BrN4. The zero-order chi connectivity index (χ0) is 6.97. The third-order valence-electron chi connectivity index (χ3n) is 1.18. The first-order valence-electron chi connectivity index (χ1n) is 2.68. The van der Waals surface area contributed by atoms with Crippen molar-refractivity contribution in [2.45, 2.75) is 0 Å². The molecule has 0 radical (unpaired) electrons. The lowest BCUT2D eigenvalue weighted by Gasteiger charge is -1.85. The monoisotopic (exact) mass is 198 g/mol. The molecule has 1 N–H and O–H groups in total. The van der Waals surface area contributed by atoms with Crippen LogP contribution in [0.15, 0.2) is 16.9 Å². The number of rotatable bonds is 0. The van der Waals surface area contributed by atoms with E-state index in [2.05, 4.69) is 36.3 Å². The Morgan fingerprint density at radius 2 is 2.40 bits per heavy atom. The van der Waals surface area contributed by atoms with Gasteiger partial charge < -0.3 is 0 Å². The second-order valence-corrected chi connectivity index (χ2v) is 2.65. The molecule has 2 aromatic rings. The van der Waals surface area contributed by atoms with Crippen molar-refractivity contribution in [3.8, 4) is 0 Å². The van der Waals surface area contributed by atoms with Gasteiger partial charge in [0.05, 0.1) is 11.7 Å². The van der Waals surface area contributed by atoms with Gasteiger partial charge in [0.1, 0.15) is 10.1 Å². The van der Waals surface area contributed by atoms with Gasteiger partial charge in [-0.2, -0.15) is 0 Å². The highest BCUT2D eigenvalue weighted by Crippen LogP contribution is 2.11. The van der Waals surface area contributed by atoms with Crippen LogP contribution < -0.4 is 0 Å². The second-order valence-electron chi connectivity index (χ2n) is 1.84. The molecule has 2 heterocycles. The molecule has 50 valence electrons. The maximum Gasteiger partial charge on any atom is 0.131 e. The summed E-state index contributed by atoms with van der Waals surface area (Å²) in [6.45, 7) is 0. The second kappa shape index (κ2) is 2.02. The van der Waals surface area contributed by atoms with Crippen LogP contribution in [0.2, 0.25) is 0 Å². The third kappa shape index (κ3) is 0.786. The van der Waals surface area contributed by atoms with Crippen molar-refractivity contribution in [1.82, 2.24) is 20.4 Å². The van der Waals surface area contributed by atoms with Crippen molar-refractivity contribution in [2.75, 3.05) is 0 Å². The van der Waals surface area contributed by atoms with Crippen molar-refractivity contribution in [3.05, 3.63) is 16.9 Å². The van der Waals surface area contributed by atoms with Crippen LogP contribution in [0.5, 0.6) is 0 Å². The van der Waals surface area contributed by atoms with Crippen LogP contribution in [-0.4, -0.2) is 20.4 Å². The summed E-state index contributed by atoms with van der Waals surface area (Å²) in [7, 11) is 0. The van der Waals surface area contributed by atoms with Gasteiger partial charge in [0.2, 0.25) is 0 Å². The van der Waals surface area contributed by atoms with Gasteiger partial charge in [0.15, 0.2) is 0 Å². The van der Waals surface area contributed by atoms with Gasteiger partial charge in [-0.25, -0.2) is 4.98 Å². The van der Waals surface area contributed by atoms with Gasteiger partial charge in [-0.1, -0.05) is 5.21 Å². The van der Waals surface area contributed by atoms with Crippen LogP contribution in [-0.2, 0) is 0 Å². The molecule has 0 saturated heterocycles. The van der Waals surface area contributed by atoms with Gasteiger partial charge in [-0.15, -0.1) is 5.10 Å². The zero-order valence-electron chi connectivity index (χ0n) is 4.87. The first-order chi connectivity index (χ1) is 4.86. The number of hydrogen-bond donors (Lipinski definition) is 1. The smallest absolute Gasteiger partial charge is 0.131 e. The number of aromatic amines is 1. The minimum absolute atomic E-state index is 0.781. The fraction of sp³-hybridized carbons (Fsp3) is 0. The summed E-state index contributed by atoms with van der Waals surface area (Å²) in [4.78, 5) is 3.97. The molecule has 0 aliphatic heterocycles. The van der Waals surface area contributed by atoms with Gasteiger partial charge in [-0.3, -0.25) is 5.10 Å². The van der Waals surface area contributed by atoms with Crippen molar-refractivity contribution in [1.29, 1.82) is 0 Å². The van der Waals surface area contributed by atoms with E-state index in [0.29, 0.717) is 0 Å². The van der Waals surface area contributed by atoms with E-state index in [9.17, 15) is 0 Å². The van der Waals surface area contributed by atoms with Crippen molar-refractivity contribution in [3.63, 3.8) is 0 Å². The lowest BCUT2D eigenvalue weighted by Crippen LogP contribution is -1.74. The molecule has 2 aromatic heterocycles. The van der Waals surface area contributed by atoms with E-state index in [-0.39, 0.29) is 0 Å². The zero-order valence-corrected chi connectivity index (χ0v) is 6.46.